The molecule has 1 aromatic rings. The van der Waals surface area contributed by atoms with E-state index in [2.05, 4.69) is 16.1 Å². The molecule has 1 aliphatic rings. The van der Waals surface area contributed by atoms with E-state index in [1.807, 2.05) is 0 Å². The molecule has 0 radical (unpaired) electrons. The summed E-state index contributed by atoms with van der Waals surface area (Å²) < 4.78 is 26.6. The molecule has 0 aliphatic carbocycles. The molecule has 6 nitrogen and oxygen atoms in total. The van der Waals surface area contributed by atoms with Crippen LogP contribution in [0.5, 0.6) is 0 Å². The number of hydrogen-bond acceptors (Lipinski definition) is 6. The number of nitrogens with zero attached hydrogens (tertiary/aromatic N) is 2. The minimum absolute atomic E-state index is 0.209. The Bertz CT molecular complexity index is 694. The predicted octanol–water partition coefficient (Wildman–Crippen LogP) is 1.31. The third-order valence-electron chi connectivity index (χ3n) is 3.16. The summed E-state index contributed by atoms with van der Waals surface area (Å²) in [6.45, 7) is 3.06. The number of hydrogen-bond donors (Lipinski definition) is 2. The van der Waals surface area contributed by atoms with Gasteiger partial charge in [0.15, 0.2) is 5.25 Å². The molecule has 1 aliphatic heterocycles. The third kappa shape index (κ3) is 2.63. The summed E-state index contributed by atoms with van der Waals surface area (Å²) >= 11 is 1.27. The van der Waals surface area contributed by atoms with Gasteiger partial charge in [-0.2, -0.15) is 10.5 Å². The Morgan fingerprint density at radius 3 is 2.85 bits per heavy atom. The lowest BCUT2D eigenvalue weighted by molar-refractivity contribution is 0.593. The van der Waals surface area contributed by atoms with Crippen LogP contribution in [-0.2, 0) is 23.0 Å². The van der Waals surface area contributed by atoms with E-state index in [4.69, 9.17) is 5.26 Å². The number of anilines is 1. The second-order valence-corrected chi connectivity index (χ2v) is 7.39. The van der Waals surface area contributed by atoms with Crippen LogP contribution in [0.4, 0.5) is 5.00 Å². The van der Waals surface area contributed by atoms with Crippen LogP contribution in [0.3, 0.4) is 0 Å². The highest BCUT2D eigenvalue weighted by Gasteiger charge is 2.27. The van der Waals surface area contributed by atoms with E-state index in [9.17, 15) is 13.7 Å². The smallest absolute Gasteiger partial charge is 0.249 e. The standard InChI is InChI=1S/C12H14N4O2S2/c1-2-8(5-13)20(17,18)16-12-10(6-14)9-3-4-15-7-11(9)19-12/h8,15-16H,2-4,7H2,1H3. The van der Waals surface area contributed by atoms with Crippen LogP contribution in [0.1, 0.15) is 29.3 Å². The fourth-order valence-electron chi connectivity index (χ4n) is 2.11. The van der Waals surface area contributed by atoms with Gasteiger partial charge in [0, 0.05) is 11.4 Å². The fourth-order valence-corrected chi connectivity index (χ4v) is 4.72. The van der Waals surface area contributed by atoms with Gasteiger partial charge in [0.25, 0.3) is 0 Å². The number of nitrogens with one attached hydrogen (secondary N) is 2. The molecule has 20 heavy (non-hydrogen) atoms. The Morgan fingerprint density at radius 1 is 1.50 bits per heavy atom. The highest BCUT2D eigenvalue weighted by molar-refractivity contribution is 7.93. The molecule has 8 heteroatoms. The largest absolute Gasteiger partial charge is 0.312 e. The molecule has 0 amide bonds. The molecule has 1 atom stereocenters. The van der Waals surface area contributed by atoms with Crippen molar-refractivity contribution in [2.75, 3.05) is 11.3 Å². The Hall–Kier alpha value is -1.61. The molecular formula is C12H14N4O2S2. The second kappa shape index (κ2) is 5.80. The van der Waals surface area contributed by atoms with Crippen molar-refractivity contribution in [2.24, 2.45) is 0 Å². The van der Waals surface area contributed by atoms with Gasteiger partial charge in [0.1, 0.15) is 11.1 Å². The van der Waals surface area contributed by atoms with Crippen molar-refractivity contribution in [3.8, 4) is 12.1 Å². The quantitative estimate of drug-likeness (QED) is 0.872. The average molecular weight is 310 g/mol. The number of fused-ring (bicyclic) bond motifs is 1. The fraction of sp³-hybridized carbons (Fsp3) is 0.500. The van der Waals surface area contributed by atoms with Crippen molar-refractivity contribution < 1.29 is 8.42 Å². The van der Waals surface area contributed by atoms with Gasteiger partial charge in [-0.15, -0.1) is 11.3 Å². The van der Waals surface area contributed by atoms with Crippen molar-refractivity contribution in [2.45, 2.75) is 31.6 Å². The van der Waals surface area contributed by atoms with E-state index in [1.54, 1.807) is 13.0 Å². The van der Waals surface area contributed by atoms with Gasteiger partial charge in [0.2, 0.25) is 10.0 Å². The van der Waals surface area contributed by atoms with Gasteiger partial charge >= 0.3 is 0 Å². The maximum Gasteiger partial charge on any atom is 0.249 e. The summed E-state index contributed by atoms with van der Waals surface area (Å²) in [5.74, 6) is 0. The Balaban J connectivity index is 2.38. The lowest BCUT2D eigenvalue weighted by Crippen LogP contribution is -2.26. The molecule has 0 saturated carbocycles. The topological polar surface area (TPSA) is 106 Å². The van der Waals surface area contributed by atoms with E-state index in [0.29, 0.717) is 23.5 Å². The molecule has 0 fully saturated rings. The zero-order chi connectivity index (χ0) is 14.8. The number of rotatable bonds is 4. The van der Waals surface area contributed by atoms with Crippen LogP contribution < -0.4 is 10.0 Å². The van der Waals surface area contributed by atoms with Crippen molar-refractivity contribution in [1.82, 2.24) is 5.32 Å². The highest BCUT2D eigenvalue weighted by atomic mass is 32.2. The van der Waals surface area contributed by atoms with Crippen molar-refractivity contribution >= 4 is 26.4 Å². The predicted molar refractivity (Wildman–Crippen MR) is 76.7 cm³/mol. The van der Waals surface area contributed by atoms with Crippen LogP contribution in [-0.4, -0.2) is 20.2 Å². The molecule has 2 heterocycles. The summed E-state index contributed by atoms with van der Waals surface area (Å²) in [7, 11) is -3.78. The monoisotopic (exact) mass is 310 g/mol. The van der Waals surface area contributed by atoms with Gasteiger partial charge in [0.05, 0.1) is 11.6 Å². The normalized spacial score (nSPS) is 15.8. The van der Waals surface area contributed by atoms with Crippen LogP contribution in [0.15, 0.2) is 0 Å². The summed E-state index contributed by atoms with van der Waals surface area (Å²) in [6, 6.07) is 3.84. The summed E-state index contributed by atoms with van der Waals surface area (Å²) in [4.78, 5) is 0.982. The van der Waals surface area contributed by atoms with Gasteiger partial charge in [-0.25, -0.2) is 8.42 Å². The highest BCUT2D eigenvalue weighted by Crippen LogP contribution is 2.35. The van der Waals surface area contributed by atoms with Crippen LogP contribution in [0.25, 0.3) is 0 Å². The second-order valence-electron chi connectivity index (χ2n) is 4.42. The SMILES string of the molecule is CCC(C#N)S(=O)(=O)Nc1sc2c(c1C#N)CCNC2. The molecule has 0 aromatic carbocycles. The minimum atomic E-state index is -3.78. The van der Waals surface area contributed by atoms with Crippen LogP contribution in [0, 0.1) is 22.7 Å². The summed E-state index contributed by atoms with van der Waals surface area (Å²) in [6.07, 6.45) is 0.923. The van der Waals surface area contributed by atoms with Gasteiger partial charge < -0.3 is 5.32 Å². The van der Waals surface area contributed by atoms with Crippen molar-refractivity contribution in [1.29, 1.82) is 10.5 Å². The minimum Gasteiger partial charge on any atom is -0.312 e. The van der Waals surface area contributed by atoms with Crippen LogP contribution in [0.2, 0.25) is 0 Å². The molecule has 2 rings (SSSR count). The number of thiophene rings is 1. The molecule has 1 aromatic heterocycles. The Labute approximate surface area is 122 Å². The maximum absolute atomic E-state index is 12.1. The maximum atomic E-state index is 12.1. The van der Waals surface area contributed by atoms with Gasteiger partial charge in [-0.1, -0.05) is 6.92 Å². The first-order valence-corrected chi connectivity index (χ1v) is 8.56. The average Bonchev–Trinajstić information content (AvgIpc) is 2.75. The van der Waals surface area contributed by atoms with E-state index in [1.165, 1.54) is 11.3 Å². The first-order chi connectivity index (χ1) is 9.53. The zero-order valence-electron chi connectivity index (χ0n) is 10.9. The van der Waals surface area contributed by atoms with Crippen LogP contribution >= 0.6 is 11.3 Å². The molecular weight excluding hydrogens is 296 g/mol. The first-order valence-electron chi connectivity index (χ1n) is 6.20. The van der Waals surface area contributed by atoms with Crippen molar-refractivity contribution in [3.05, 3.63) is 16.0 Å². The number of sulfonamides is 1. The van der Waals surface area contributed by atoms with E-state index in [-0.39, 0.29) is 6.42 Å². The molecule has 0 bridgehead atoms. The zero-order valence-corrected chi connectivity index (χ0v) is 12.6. The Morgan fingerprint density at radius 2 is 2.25 bits per heavy atom. The lowest BCUT2D eigenvalue weighted by atomic mass is 10.1. The van der Waals surface area contributed by atoms with Gasteiger partial charge in [-0.3, -0.25) is 4.72 Å². The van der Waals surface area contributed by atoms with E-state index < -0.39 is 15.3 Å². The van der Waals surface area contributed by atoms with Gasteiger partial charge in [-0.05, 0) is 24.9 Å². The van der Waals surface area contributed by atoms with E-state index >= 15 is 0 Å². The molecule has 106 valence electrons. The molecule has 1 unspecified atom stereocenters. The molecule has 2 N–H and O–H groups in total. The summed E-state index contributed by atoms with van der Waals surface area (Å²) in [5.41, 5.74) is 1.31. The van der Waals surface area contributed by atoms with Crippen molar-refractivity contribution in [3.63, 3.8) is 0 Å². The molecule has 0 spiro atoms. The molecule has 0 saturated heterocycles. The lowest BCUT2D eigenvalue weighted by Gasteiger charge is -2.11. The third-order valence-corrected chi connectivity index (χ3v) is 6.12. The number of nitriles is 2. The Kier molecular flexibility index (Phi) is 4.29. The first kappa shape index (κ1) is 14.8. The van der Waals surface area contributed by atoms with E-state index in [0.717, 1.165) is 17.0 Å². The summed E-state index contributed by atoms with van der Waals surface area (Å²) in [5, 5.41) is 20.5.